The molecule has 1 amide bonds. The van der Waals surface area contributed by atoms with E-state index in [4.69, 9.17) is 0 Å². The molecule has 2 aromatic rings. The van der Waals surface area contributed by atoms with E-state index in [9.17, 15) is 14.7 Å². The van der Waals surface area contributed by atoms with Crippen LogP contribution in [0.4, 0.5) is 5.69 Å². The number of hydrogen-bond donors (Lipinski definition) is 3. The number of aromatic carboxylic acids is 1. The molecule has 1 aliphatic heterocycles. The normalized spacial score (nSPS) is 17.7. The molecule has 2 heterocycles. The van der Waals surface area contributed by atoms with Crippen molar-refractivity contribution in [3.05, 3.63) is 52.3 Å². The minimum Gasteiger partial charge on any atom is -0.478 e. The van der Waals surface area contributed by atoms with Crippen molar-refractivity contribution in [3.8, 4) is 0 Å². The fourth-order valence-electron chi connectivity index (χ4n) is 3.43. The van der Waals surface area contributed by atoms with E-state index in [2.05, 4.69) is 16.4 Å². The van der Waals surface area contributed by atoms with E-state index in [1.54, 1.807) is 18.2 Å². The predicted molar refractivity (Wildman–Crippen MR) is 87.3 cm³/mol. The molecular weight excluding hydrogens is 292 g/mol. The molecule has 1 aromatic carbocycles. The van der Waals surface area contributed by atoms with Gasteiger partial charge in [-0.25, -0.2) is 4.79 Å². The first-order valence-corrected chi connectivity index (χ1v) is 7.74. The van der Waals surface area contributed by atoms with Crippen LogP contribution in [-0.4, -0.2) is 22.0 Å². The third-order valence-corrected chi connectivity index (χ3v) is 4.49. The van der Waals surface area contributed by atoms with Crippen molar-refractivity contribution < 1.29 is 14.7 Å². The van der Waals surface area contributed by atoms with Crippen LogP contribution in [0.25, 0.3) is 11.6 Å². The number of carboxylic acid groups (broad SMARTS) is 1. The Morgan fingerprint density at radius 2 is 2.04 bits per heavy atom. The van der Waals surface area contributed by atoms with Crippen LogP contribution in [0.1, 0.15) is 45.7 Å². The number of carboxylic acids is 1. The van der Waals surface area contributed by atoms with Gasteiger partial charge in [0.05, 0.1) is 11.1 Å². The fraction of sp³-hybridized carbons (Fsp3) is 0.222. The van der Waals surface area contributed by atoms with Crippen LogP contribution < -0.4 is 5.32 Å². The number of nitrogens with one attached hydrogen (secondary N) is 2. The van der Waals surface area contributed by atoms with Crippen LogP contribution in [0.2, 0.25) is 0 Å². The molecule has 4 rings (SSSR count). The summed E-state index contributed by atoms with van der Waals surface area (Å²) in [6, 6.07) is 6.95. The zero-order valence-electron chi connectivity index (χ0n) is 12.5. The molecule has 0 saturated heterocycles. The van der Waals surface area contributed by atoms with Gasteiger partial charge in [-0.2, -0.15) is 0 Å². The van der Waals surface area contributed by atoms with Gasteiger partial charge in [-0.05, 0) is 55.5 Å². The minimum atomic E-state index is -1.03. The second-order valence-electron chi connectivity index (χ2n) is 5.98. The molecule has 116 valence electrons. The quantitative estimate of drug-likeness (QED) is 0.746. The van der Waals surface area contributed by atoms with Crippen molar-refractivity contribution >= 4 is 29.2 Å². The number of carbonyl (C=O) groups is 2. The highest BCUT2D eigenvalue weighted by Gasteiger charge is 2.29. The topological polar surface area (TPSA) is 82.2 Å². The maximum Gasteiger partial charge on any atom is 0.336 e. The number of H-pyrrole nitrogens is 1. The van der Waals surface area contributed by atoms with Gasteiger partial charge in [-0.1, -0.05) is 6.07 Å². The average molecular weight is 308 g/mol. The third-order valence-electron chi connectivity index (χ3n) is 4.49. The van der Waals surface area contributed by atoms with E-state index in [0.29, 0.717) is 16.8 Å². The molecule has 5 heteroatoms. The molecule has 0 unspecified atom stereocenters. The predicted octanol–water partition coefficient (Wildman–Crippen LogP) is 3.08. The number of benzene rings is 1. The number of fused-ring (bicyclic) bond motifs is 2. The average Bonchev–Trinajstić information content (AvgIpc) is 3.08. The Hall–Kier alpha value is -2.82. The summed E-state index contributed by atoms with van der Waals surface area (Å²) in [5, 5.41) is 12.1. The molecule has 1 aliphatic carbocycles. The number of rotatable bonds is 2. The maximum absolute atomic E-state index is 12.3. The number of aromatic nitrogens is 1. The Morgan fingerprint density at radius 1 is 1.22 bits per heavy atom. The smallest absolute Gasteiger partial charge is 0.336 e. The Balaban J connectivity index is 1.83. The lowest BCUT2D eigenvalue weighted by Gasteiger charge is -2.08. The Bertz CT molecular complexity index is 838. The van der Waals surface area contributed by atoms with E-state index in [1.807, 2.05) is 0 Å². The van der Waals surface area contributed by atoms with Gasteiger partial charge in [-0.15, -0.1) is 0 Å². The molecule has 0 saturated carbocycles. The van der Waals surface area contributed by atoms with Crippen LogP contribution in [-0.2, 0) is 17.6 Å². The van der Waals surface area contributed by atoms with Crippen LogP contribution in [0, 0.1) is 0 Å². The molecular formula is C18H16N2O3. The van der Waals surface area contributed by atoms with Crippen molar-refractivity contribution in [2.75, 3.05) is 5.32 Å². The number of aromatic amines is 1. The zero-order valence-corrected chi connectivity index (χ0v) is 12.5. The monoisotopic (exact) mass is 308 g/mol. The summed E-state index contributed by atoms with van der Waals surface area (Å²) >= 11 is 0. The Morgan fingerprint density at radius 3 is 2.83 bits per heavy atom. The van der Waals surface area contributed by atoms with Crippen molar-refractivity contribution in [2.45, 2.75) is 25.7 Å². The lowest BCUT2D eigenvalue weighted by atomic mass is 9.98. The van der Waals surface area contributed by atoms with Crippen molar-refractivity contribution in [1.29, 1.82) is 0 Å². The Kier molecular flexibility index (Phi) is 3.08. The molecule has 0 atom stereocenters. The highest BCUT2D eigenvalue weighted by atomic mass is 16.4. The molecule has 0 fully saturated rings. The zero-order chi connectivity index (χ0) is 16.0. The number of amides is 1. The van der Waals surface area contributed by atoms with E-state index >= 15 is 0 Å². The van der Waals surface area contributed by atoms with Crippen LogP contribution in [0.3, 0.4) is 0 Å². The minimum absolute atomic E-state index is 0.142. The van der Waals surface area contributed by atoms with Gasteiger partial charge in [0, 0.05) is 22.6 Å². The van der Waals surface area contributed by atoms with E-state index < -0.39 is 5.97 Å². The van der Waals surface area contributed by atoms with Gasteiger partial charge in [0.15, 0.2) is 0 Å². The number of carbonyl (C=O) groups excluding carboxylic acids is 1. The van der Waals surface area contributed by atoms with Gasteiger partial charge in [0.25, 0.3) is 5.91 Å². The molecule has 3 N–H and O–H groups in total. The van der Waals surface area contributed by atoms with E-state index in [0.717, 1.165) is 18.5 Å². The first-order valence-electron chi connectivity index (χ1n) is 7.74. The lowest BCUT2D eigenvalue weighted by molar-refractivity contribution is -0.110. The summed E-state index contributed by atoms with van der Waals surface area (Å²) < 4.78 is 0. The molecule has 1 aromatic heterocycles. The maximum atomic E-state index is 12.3. The van der Waals surface area contributed by atoms with Gasteiger partial charge in [0.1, 0.15) is 0 Å². The van der Waals surface area contributed by atoms with E-state index in [-0.39, 0.29) is 11.5 Å². The van der Waals surface area contributed by atoms with Crippen LogP contribution in [0.15, 0.2) is 24.3 Å². The SMILES string of the molecule is O=C1Nc2cccc(C(=O)O)c2/C1=C/c1cc2c([nH]1)CCCC2. The highest BCUT2D eigenvalue weighted by molar-refractivity contribution is 6.36. The van der Waals surface area contributed by atoms with Gasteiger partial charge < -0.3 is 15.4 Å². The standard InChI is InChI=1S/C18H16N2O3/c21-17-13(9-11-8-10-4-1-2-6-14(10)19-11)16-12(18(22)23)5-3-7-15(16)20-17/h3,5,7-9,19H,1-2,4,6H2,(H,20,21)(H,22,23)/b13-9-. The summed E-state index contributed by atoms with van der Waals surface area (Å²) in [6.07, 6.45) is 6.20. The van der Waals surface area contributed by atoms with Crippen molar-refractivity contribution in [1.82, 2.24) is 4.98 Å². The highest BCUT2D eigenvalue weighted by Crippen LogP contribution is 2.36. The molecule has 5 nitrogen and oxygen atoms in total. The van der Waals surface area contributed by atoms with Crippen LogP contribution in [0.5, 0.6) is 0 Å². The number of aryl methyl sites for hydroxylation is 2. The molecule has 23 heavy (non-hydrogen) atoms. The lowest BCUT2D eigenvalue weighted by Crippen LogP contribution is -2.04. The summed E-state index contributed by atoms with van der Waals surface area (Å²) in [4.78, 5) is 27.1. The second-order valence-corrected chi connectivity index (χ2v) is 5.98. The fourth-order valence-corrected chi connectivity index (χ4v) is 3.43. The largest absolute Gasteiger partial charge is 0.478 e. The molecule has 0 spiro atoms. The first-order chi connectivity index (χ1) is 11.1. The second kappa shape index (κ2) is 5.12. The van der Waals surface area contributed by atoms with Gasteiger partial charge in [0.2, 0.25) is 0 Å². The summed E-state index contributed by atoms with van der Waals surface area (Å²) in [5.74, 6) is -1.30. The first kappa shape index (κ1) is 13.8. The molecule has 2 aliphatic rings. The number of hydrogen-bond acceptors (Lipinski definition) is 2. The van der Waals surface area contributed by atoms with Crippen LogP contribution >= 0.6 is 0 Å². The van der Waals surface area contributed by atoms with Gasteiger partial charge in [-0.3, -0.25) is 4.79 Å². The number of anilines is 1. The summed E-state index contributed by atoms with van der Waals surface area (Å²) in [6.45, 7) is 0. The molecule has 0 radical (unpaired) electrons. The van der Waals surface area contributed by atoms with E-state index in [1.165, 1.54) is 30.2 Å². The summed E-state index contributed by atoms with van der Waals surface area (Å²) in [5.41, 5.74) is 4.95. The van der Waals surface area contributed by atoms with Crippen molar-refractivity contribution in [3.63, 3.8) is 0 Å². The van der Waals surface area contributed by atoms with Crippen molar-refractivity contribution in [2.24, 2.45) is 0 Å². The summed E-state index contributed by atoms with van der Waals surface area (Å²) in [7, 11) is 0. The Labute approximate surface area is 133 Å². The van der Waals surface area contributed by atoms with Gasteiger partial charge >= 0.3 is 5.97 Å². The third kappa shape index (κ3) is 2.25. The molecule has 0 bridgehead atoms.